The van der Waals surface area contributed by atoms with Gasteiger partial charge in [0.25, 0.3) is 0 Å². The zero-order chi connectivity index (χ0) is 19.8. The number of ketones is 1. The quantitative estimate of drug-likeness (QED) is 0.333. The van der Waals surface area contributed by atoms with E-state index in [9.17, 15) is 4.79 Å². The molecule has 7 heteroatoms. The van der Waals surface area contributed by atoms with Gasteiger partial charge in [0.1, 0.15) is 5.82 Å². The predicted octanol–water partition coefficient (Wildman–Crippen LogP) is 7.27. The Bertz CT molecular complexity index is 1200. The summed E-state index contributed by atoms with van der Waals surface area (Å²) in [5.41, 5.74) is 3.34. The molecule has 140 valence electrons. The van der Waals surface area contributed by atoms with Crippen LogP contribution < -0.4 is 0 Å². The molecule has 0 radical (unpaired) electrons. The number of H-pyrrole nitrogens is 1. The summed E-state index contributed by atoms with van der Waals surface area (Å²) < 4.78 is 0. The second-order valence-corrected chi connectivity index (χ2v) is 7.91. The number of hydrogen-bond donors (Lipinski definition) is 1. The highest BCUT2D eigenvalue weighted by molar-refractivity contribution is 6.39. The average Bonchev–Trinajstić information content (AvgIpc) is 3.06. The number of nitrogens with one attached hydrogen (secondary N) is 1. The van der Waals surface area contributed by atoms with E-state index >= 15 is 0 Å². The van der Waals surface area contributed by atoms with Crippen LogP contribution in [0.25, 0.3) is 22.4 Å². The molecule has 0 fully saturated rings. The van der Waals surface area contributed by atoms with E-state index < -0.39 is 0 Å². The van der Waals surface area contributed by atoms with E-state index in [4.69, 9.17) is 46.4 Å². The van der Waals surface area contributed by atoms with Gasteiger partial charge in [0, 0.05) is 22.0 Å². The molecule has 0 saturated carbocycles. The van der Waals surface area contributed by atoms with E-state index in [1.807, 2.05) is 0 Å². The molecule has 4 rings (SSSR count). The first-order valence-corrected chi connectivity index (χ1v) is 9.85. The number of benzene rings is 3. The third-order valence-corrected chi connectivity index (χ3v) is 5.59. The second-order valence-electron chi connectivity index (χ2n) is 6.25. The molecule has 0 saturated heterocycles. The summed E-state index contributed by atoms with van der Waals surface area (Å²) in [5, 5.41) is 2.01. The van der Waals surface area contributed by atoms with Gasteiger partial charge in [-0.2, -0.15) is 0 Å². The fourth-order valence-electron chi connectivity index (χ4n) is 2.97. The molecule has 0 aliphatic carbocycles. The van der Waals surface area contributed by atoms with Crippen LogP contribution in [0.4, 0.5) is 0 Å². The number of aromatic amines is 1. The first-order valence-electron chi connectivity index (χ1n) is 8.33. The van der Waals surface area contributed by atoms with Gasteiger partial charge in [-0.3, -0.25) is 4.79 Å². The lowest BCUT2D eigenvalue weighted by Gasteiger charge is -2.04. The smallest absolute Gasteiger partial charge is 0.167 e. The Kier molecular flexibility index (Phi) is 5.35. The third kappa shape index (κ3) is 3.76. The summed E-state index contributed by atoms with van der Waals surface area (Å²) >= 11 is 24.6. The number of aromatic nitrogens is 2. The molecular formula is C21H12Cl4N2O. The lowest BCUT2D eigenvalue weighted by molar-refractivity contribution is 0.0993. The Morgan fingerprint density at radius 3 is 2.36 bits per heavy atom. The van der Waals surface area contributed by atoms with E-state index in [1.54, 1.807) is 54.6 Å². The van der Waals surface area contributed by atoms with E-state index in [2.05, 4.69) is 9.97 Å². The van der Waals surface area contributed by atoms with Crippen LogP contribution in [0.15, 0.2) is 54.6 Å². The van der Waals surface area contributed by atoms with Gasteiger partial charge < -0.3 is 4.98 Å². The van der Waals surface area contributed by atoms with Gasteiger partial charge in [-0.1, -0.05) is 58.5 Å². The van der Waals surface area contributed by atoms with E-state index in [1.165, 1.54) is 0 Å². The lowest BCUT2D eigenvalue weighted by atomic mass is 10.0. The van der Waals surface area contributed by atoms with Crippen molar-refractivity contribution in [2.24, 2.45) is 0 Å². The molecule has 4 aromatic rings. The fraction of sp³-hybridized carbons (Fsp3) is 0.0476. The van der Waals surface area contributed by atoms with Gasteiger partial charge in [-0.15, -0.1) is 0 Å². The summed E-state index contributed by atoms with van der Waals surface area (Å²) in [4.78, 5) is 20.4. The van der Waals surface area contributed by atoms with Crippen LogP contribution in [0.5, 0.6) is 0 Å². The van der Waals surface area contributed by atoms with E-state index in [-0.39, 0.29) is 12.2 Å². The highest BCUT2D eigenvalue weighted by atomic mass is 35.5. The van der Waals surface area contributed by atoms with Gasteiger partial charge in [0.2, 0.25) is 0 Å². The molecule has 3 nitrogen and oxygen atoms in total. The maximum atomic E-state index is 12.7. The van der Waals surface area contributed by atoms with Crippen molar-refractivity contribution < 1.29 is 4.79 Å². The number of nitrogens with zero attached hydrogens (tertiary/aromatic N) is 1. The average molecular weight is 450 g/mol. The molecule has 1 heterocycles. The van der Waals surface area contributed by atoms with E-state index in [0.717, 1.165) is 11.1 Å². The molecule has 0 unspecified atom stereocenters. The first-order chi connectivity index (χ1) is 13.4. The molecule has 1 aromatic heterocycles. The Hall–Kier alpha value is -2.04. The van der Waals surface area contributed by atoms with Crippen molar-refractivity contribution in [2.45, 2.75) is 6.42 Å². The third-order valence-electron chi connectivity index (χ3n) is 4.37. The normalized spacial score (nSPS) is 11.1. The Morgan fingerprint density at radius 2 is 1.64 bits per heavy atom. The zero-order valence-electron chi connectivity index (χ0n) is 14.3. The maximum absolute atomic E-state index is 12.7. The highest BCUT2D eigenvalue weighted by Crippen LogP contribution is 2.34. The van der Waals surface area contributed by atoms with Gasteiger partial charge in [0.15, 0.2) is 5.78 Å². The van der Waals surface area contributed by atoms with Crippen molar-refractivity contribution in [1.82, 2.24) is 9.97 Å². The van der Waals surface area contributed by atoms with Crippen molar-refractivity contribution >= 4 is 63.2 Å². The van der Waals surface area contributed by atoms with Crippen LogP contribution in [-0.4, -0.2) is 15.8 Å². The Morgan fingerprint density at radius 1 is 0.893 bits per heavy atom. The number of Topliss-reactive ketones (excluding diaryl/α,β-unsaturated/α-hetero) is 1. The summed E-state index contributed by atoms with van der Waals surface area (Å²) in [5.74, 6) is 0.494. The standard InChI is InChI=1S/C21H12Cl4N2O/c22-13-6-4-11(16(25)10-13)9-19(28)12-5-7-17-18(8-12)27-21(26-17)20-14(23)2-1-3-15(20)24/h1-8,10H,9H2,(H,26,27). The van der Waals surface area contributed by atoms with Crippen molar-refractivity contribution in [3.8, 4) is 11.4 Å². The van der Waals surface area contributed by atoms with Crippen LogP contribution in [-0.2, 0) is 6.42 Å². The molecular weight excluding hydrogens is 438 g/mol. The van der Waals surface area contributed by atoms with Gasteiger partial charge in [-0.25, -0.2) is 4.98 Å². The summed E-state index contributed by atoms with van der Waals surface area (Å²) in [6.45, 7) is 0. The first kappa shape index (κ1) is 19.3. The number of rotatable bonds is 4. The molecule has 3 aromatic carbocycles. The largest absolute Gasteiger partial charge is 0.338 e. The Labute approximate surface area is 181 Å². The molecule has 0 bridgehead atoms. The second kappa shape index (κ2) is 7.76. The molecule has 0 aliphatic rings. The number of carbonyl (C=O) groups is 1. The van der Waals surface area contributed by atoms with Crippen molar-refractivity contribution in [1.29, 1.82) is 0 Å². The predicted molar refractivity (Wildman–Crippen MR) is 116 cm³/mol. The SMILES string of the molecule is O=C(Cc1ccc(Cl)cc1Cl)c1ccc2nc(-c3c(Cl)cccc3Cl)[nH]c2c1. The van der Waals surface area contributed by atoms with E-state index in [0.29, 0.717) is 42.6 Å². The van der Waals surface area contributed by atoms with Crippen molar-refractivity contribution in [3.05, 3.63) is 85.8 Å². The highest BCUT2D eigenvalue weighted by Gasteiger charge is 2.15. The minimum Gasteiger partial charge on any atom is -0.338 e. The molecule has 0 spiro atoms. The van der Waals surface area contributed by atoms with Crippen LogP contribution >= 0.6 is 46.4 Å². The number of imidazole rings is 1. The summed E-state index contributed by atoms with van der Waals surface area (Å²) in [6, 6.07) is 15.7. The van der Waals surface area contributed by atoms with Crippen LogP contribution in [0.3, 0.4) is 0 Å². The minimum atomic E-state index is -0.0574. The number of carbonyl (C=O) groups excluding carboxylic acids is 1. The monoisotopic (exact) mass is 448 g/mol. The maximum Gasteiger partial charge on any atom is 0.167 e. The molecule has 28 heavy (non-hydrogen) atoms. The van der Waals surface area contributed by atoms with Gasteiger partial charge in [-0.05, 0) is 48.0 Å². The van der Waals surface area contributed by atoms with Gasteiger partial charge in [0.05, 0.1) is 26.6 Å². The topological polar surface area (TPSA) is 45.8 Å². The Balaban J connectivity index is 1.67. The molecule has 0 amide bonds. The van der Waals surface area contributed by atoms with Gasteiger partial charge >= 0.3 is 0 Å². The number of fused-ring (bicyclic) bond motifs is 1. The van der Waals surface area contributed by atoms with Crippen molar-refractivity contribution in [2.75, 3.05) is 0 Å². The van der Waals surface area contributed by atoms with Crippen LogP contribution in [0.2, 0.25) is 20.1 Å². The molecule has 0 atom stereocenters. The molecule has 1 N–H and O–H groups in total. The molecule has 0 aliphatic heterocycles. The van der Waals surface area contributed by atoms with Crippen LogP contribution in [0.1, 0.15) is 15.9 Å². The van der Waals surface area contributed by atoms with Crippen molar-refractivity contribution in [3.63, 3.8) is 0 Å². The van der Waals surface area contributed by atoms with Crippen LogP contribution in [0, 0.1) is 0 Å². The summed E-state index contributed by atoms with van der Waals surface area (Å²) in [6.07, 6.45) is 0.179. The minimum absolute atomic E-state index is 0.0574. The zero-order valence-corrected chi connectivity index (χ0v) is 17.3. The summed E-state index contributed by atoms with van der Waals surface area (Å²) in [7, 11) is 0. The lowest BCUT2D eigenvalue weighted by Crippen LogP contribution is -2.04. The number of halogens is 4. The number of hydrogen-bond acceptors (Lipinski definition) is 2. The fourth-order valence-corrected chi connectivity index (χ4v) is 4.02.